The van der Waals surface area contributed by atoms with E-state index in [4.69, 9.17) is 12.2 Å². The van der Waals surface area contributed by atoms with Crippen molar-refractivity contribution in [2.75, 3.05) is 5.32 Å². The molecule has 1 aromatic carbocycles. The van der Waals surface area contributed by atoms with Crippen molar-refractivity contribution in [2.24, 2.45) is 0 Å². The Bertz CT molecular complexity index is 366. The van der Waals surface area contributed by atoms with Crippen LogP contribution in [0.4, 0.5) is 5.69 Å². The van der Waals surface area contributed by atoms with E-state index < -0.39 is 0 Å². The number of benzene rings is 1. The summed E-state index contributed by atoms with van der Waals surface area (Å²) in [5.41, 5.74) is 0.464. The van der Waals surface area contributed by atoms with Crippen molar-refractivity contribution in [3.8, 4) is 5.75 Å². The summed E-state index contributed by atoms with van der Waals surface area (Å²) in [4.78, 5) is 10.6. The second-order valence-electron chi connectivity index (χ2n) is 2.65. The van der Waals surface area contributed by atoms with Crippen LogP contribution in [-0.2, 0) is 4.79 Å². The van der Waals surface area contributed by atoms with Gasteiger partial charge in [0, 0.05) is 6.92 Å². The fraction of sp³-hybridized carbons (Fsp3) is 0.111. The molecule has 1 amide bonds. The van der Waals surface area contributed by atoms with Gasteiger partial charge in [-0.3, -0.25) is 4.79 Å². The van der Waals surface area contributed by atoms with Gasteiger partial charge in [0.2, 0.25) is 5.91 Å². The first-order valence-corrected chi connectivity index (χ1v) is 4.37. The van der Waals surface area contributed by atoms with Gasteiger partial charge in [-0.2, -0.15) is 0 Å². The van der Waals surface area contributed by atoms with E-state index in [0.717, 1.165) is 0 Å². The second-order valence-corrected chi connectivity index (χ2v) is 3.06. The highest BCUT2D eigenvalue weighted by Crippen LogP contribution is 2.20. The number of phenolic OH excluding ortho intramolecular Hbond substituents is 1. The number of hydrogen-bond donors (Lipinski definition) is 3. The maximum Gasteiger partial charge on any atom is 0.222 e. The molecule has 0 atom stereocenters. The number of rotatable bonds is 1. The maximum absolute atomic E-state index is 10.6. The predicted octanol–water partition coefficient (Wildman–Crippen LogP) is 1.23. The highest BCUT2D eigenvalue weighted by atomic mass is 32.1. The summed E-state index contributed by atoms with van der Waals surface area (Å²) in [6, 6.07) is 6.63. The van der Waals surface area contributed by atoms with Crippen molar-refractivity contribution >= 4 is 28.9 Å². The molecule has 1 rings (SSSR count). The molecule has 0 saturated carbocycles. The van der Waals surface area contributed by atoms with Gasteiger partial charge in [0.15, 0.2) is 5.11 Å². The first-order chi connectivity index (χ1) is 6.59. The molecule has 0 saturated heterocycles. The minimum absolute atomic E-state index is 0.0835. The van der Waals surface area contributed by atoms with E-state index in [1.54, 1.807) is 18.2 Å². The first kappa shape index (κ1) is 10.5. The van der Waals surface area contributed by atoms with E-state index >= 15 is 0 Å². The Kier molecular flexibility index (Phi) is 3.41. The highest BCUT2D eigenvalue weighted by molar-refractivity contribution is 7.80. The lowest BCUT2D eigenvalue weighted by molar-refractivity contribution is -0.117. The first-order valence-electron chi connectivity index (χ1n) is 3.96. The fourth-order valence-corrected chi connectivity index (χ4v) is 1.15. The van der Waals surface area contributed by atoms with Gasteiger partial charge < -0.3 is 15.7 Å². The lowest BCUT2D eigenvalue weighted by atomic mass is 10.3. The molecule has 0 bridgehead atoms. The number of nitrogens with one attached hydrogen (secondary N) is 2. The van der Waals surface area contributed by atoms with Crippen LogP contribution in [-0.4, -0.2) is 16.1 Å². The van der Waals surface area contributed by atoms with Crippen LogP contribution in [0.2, 0.25) is 0 Å². The number of carbonyl (C=O) groups is 1. The van der Waals surface area contributed by atoms with Crippen LogP contribution in [0.3, 0.4) is 0 Å². The van der Waals surface area contributed by atoms with Crippen LogP contribution in [0, 0.1) is 0 Å². The zero-order chi connectivity index (χ0) is 10.6. The monoisotopic (exact) mass is 210 g/mol. The topological polar surface area (TPSA) is 61.4 Å². The van der Waals surface area contributed by atoms with Gasteiger partial charge in [-0.25, -0.2) is 0 Å². The molecule has 5 heteroatoms. The summed E-state index contributed by atoms with van der Waals surface area (Å²) < 4.78 is 0. The summed E-state index contributed by atoms with van der Waals surface area (Å²) in [6.07, 6.45) is 0. The third-order valence-electron chi connectivity index (χ3n) is 1.44. The van der Waals surface area contributed by atoms with E-state index in [1.165, 1.54) is 13.0 Å². The van der Waals surface area contributed by atoms with Crippen LogP contribution in [0.15, 0.2) is 24.3 Å². The average molecular weight is 210 g/mol. The molecule has 0 aromatic heterocycles. The number of phenols is 1. The van der Waals surface area contributed by atoms with Crippen LogP contribution < -0.4 is 10.6 Å². The number of anilines is 1. The number of carbonyl (C=O) groups excluding carboxylic acids is 1. The molecule has 0 heterocycles. The van der Waals surface area contributed by atoms with Gasteiger partial charge in [-0.1, -0.05) is 12.1 Å². The van der Waals surface area contributed by atoms with Crippen molar-refractivity contribution in [1.82, 2.24) is 5.32 Å². The van der Waals surface area contributed by atoms with Crippen LogP contribution >= 0.6 is 12.2 Å². The van der Waals surface area contributed by atoms with Gasteiger partial charge in [0.1, 0.15) is 5.75 Å². The lowest BCUT2D eigenvalue weighted by Gasteiger charge is -2.08. The SMILES string of the molecule is CC(=O)NC(=S)Nc1ccccc1O. The number of para-hydroxylation sites is 2. The quantitative estimate of drug-likeness (QED) is 0.482. The summed E-state index contributed by atoms with van der Waals surface area (Å²) >= 11 is 4.82. The number of thiocarbonyl (C=S) groups is 1. The Morgan fingerprint density at radius 2 is 2.07 bits per heavy atom. The normalized spacial score (nSPS) is 9.21. The molecule has 3 N–H and O–H groups in total. The molecule has 0 radical (unpaired) electrons. The number of amides is 1. The molecular weight excluding hydrogens is 200 g/mol. The maximum atomic E-state index is 10.6. The Morgan fingerprint density at radius 1 is 1.43 bits per heavy atom. The second kappa shape index (κ2) is 4.57. The zero-order valence-electron chi connectivity index (χ0n) is 7.57. The van der Waals surface area contributed by atoms with E-state index in [0.29, 0.717) is 5.69 Å². The van der Waals surface area contributed by atoms with E-state index in [-0.39, 0.29) is 16.8 Å². The van der Waals surface area contributed by atoms with Crippen molar-refractivity contribution in [2.45, 2.75) is 6.92 Å². The summed E-state index contributed by atoms with van der Waals surface area (Å²) in [5.74, 6) is -0.168. The Morgan fingerprint density at radius 3 is 2.64 bits per heavy atom. The van der Waals surface area contributed by atoms with Gasteiger partial charge in [-0.15, -0.1) is 0 Å². The molecule has 0 aliphatic heterocycles. The molecule has 0 fully saturated rings. The number of aromatic hydroxyl groups is 1. The van der Waals surface area contributed by atoms with Gasteiger partial charge in [-0.05, 0) is 24.4 Å². The molecule has 0 aliphatic rings. The Hall–Kier alpha value is -1.62. The van der Waals surface area contributed by atoms with Crippen molar-refractivity contribution in [3.63, 3.8) is 0 Å². The van der Waals surface area contributed by atoms with Gasteiger partial charge >= 0.3 is 0 Å². The van der Waals surface area contributed by atoms with E-state index in [1.807, 2.05) is 0 Å². The number of hydrogen-bond acceptors (Lipinski definition) is 3. The predicted molar refractivity (Wildman–Crippen MR) is 58.1 cm³/mol. The third-order valence-corrected chi connectivity index (χ3v) is 1.65. The molecule has 1 aromatic rings. The lowest BCUT2D eigenvalue weighted by Crippen LogP contribution is -2.32. The summed E-state index contributed by atoms with van der Waals surface area (Å²) in [7, 11) is 0. The smallest absolute Gasteiger partial charge is 0.222 e. The standard InChI is InChI=1S/C9H10N2O2S/c1-6(12)10-9(14)11-7-4-2-3-5-8(7)13/h2-5,13H,1H3,(H2,10,11,12,14). The van der Waals surface area contributed by atoms with Crippen LogP contribution in [0.1, 0.15) is 6.92 Å². The third kappa shape index (κ3) is 3.02. The molecule has 74 valence electrons. The molecule has 4 nitrogen and oxygen atoms in total. The molecule has 0 spiro atoms. The summed E-state index contributed by atoms with van der Waals surface area (Å²) in [5, 5.41) is 14.6. The average Bonchev–Trinajstić information content (AvgIpc) is 2.07. The fourth-order valence-electron chi connectivity index (χ4n) is 0.893. The van der Waals surface area contributed by atoms with Crippen molar-refractivity contribution in [1.29, 1.82) is 0 Å². The Balaban J connectivity index is 2.65. The van der Waals surface area contributed by atoms with Gasteiger partial charge in [0.25, 0.3) is 0 Å². The minimum atomic E-state index is -0.252. The summed E-state index contributed by atoms with van der Waals surface area (Å²) in [6.45, 7) is 1.36. The van der Waals surface area contributed by atoms with E-state index in [9.17, 15) is 9.90 Å². The Labute approximate surface area is 86.9 Å². The zero-order valence-corrected chi connectivity index (χ0v) is 8.39. The highest BCUT2D eigenvalue weighted by Gasteiger charge is 2.02. The minimum Gasteiger partial charge on any atom is -0.506 e. The van der Waals surface area contributed by atoms with Crippen molar-refractivity contribution in [3.05, 3.63) is 24.3 Å². The molecular formula is C9H10N2O2S. The molecule has 0 unspecified atom stereocenters. The van der Waals surface area contributed by atoms with Crippen LogP contribution in [0.5, 0.6) is 5.75 Å². The molecule has 0 aliphatic carbocycles. The van der Waals surface area contributed by atoms with Crippen LogP contribution in [0.25, 0.3) is 0 Å². The van der Waals surface area contributed by atoms with Crippen molar-refractivity contribution < 1.29 is 9.90 Å². The van der Waals surface area contributed by atoms with Gasteiger partial charge in [0.05, 0.1) is 5.69 Å². The van der Waals surface area contributed by atoms with E-state index in [2.05, 4.69) is 10.6 Å². The largest absolute Gasteiger partial charge is 0.506 e. The molecule has 14 heavy (non-hydrogen) atoms.